The highest BCUT2D eigenvalue weighted by atomic mass is 16.5. The summed E-state index contributed by atoms with van der Waals surface area (Å²) in [5.74, 6) is 0.522. The van der Waals surface area contributed by atoms with Crippen LogP contribution in [0.4, 0.5) is 0 Å². The Labute approximate surface area is 102 Å². The van der Waals surface area contributed by atoms with Crippen LogP contribution in [0.25, 0.3) is 0 Å². The molecule has 1 fully saturated rings. The number of nitrogens with one attached hydrogen (secondary N) is 1. The zero-order valence-corrected chi connectivity index (χ0v) is 9.98. The van der Waals surface area contributed by atoms with E-state index < -0.39 is 0 Å². The first-order chi connectivity index (χ1) is 8.27. The highest BCUT2D eigenvalue weighted by Crippen LogP contribution is 2.23. The second-order valence-corrected chi connectivity index (χ2v) is 4.50. The quantitative estimate of drug-likeness (QED) is 0.478. The molecular weight excluding hydrogens is 214 g/mol. The molecule has 0 amide bonds. The van der Waals surface area contributed by atoms with Crippen LogP contribution in [0.2, 0.25) is 0 Å². The van der Waals surface area contributed by atoms with Crippen LogP contribution < -0.4 is 10.5 Å². The number of hydrogen-bond acceptors (Lipinski definition) is 3. The topological polar surface area (TPSA) is 72.0 Å². The fourth-order valence-corrected chi connectivity index (χ4v) is 2.21. The number of aromatic nitrogens is 1. The first-order valence-electron chi connectivity index (χ1n) is 6.23. The van der Waals surface area contributed by atoms with Gasteiger partial charge >= 0.3 is 0 Å². The van der Waals surface area contributed by atoms with E-state index in [0.29, 0.717) is 11.4 Å². The molecule has 0 spiro atoms. The maximum Gasteiger partial charge on any atom is 0.224 e. The molecule has 1 aliphatic rings. The van der Waals surface area contributed by atoms with Crippen LogP contribution in [0.5, 0.6) is 5.88 Å². The van der Waals surface area contributed by atoms with Crippen molar-refractivity contribution in [2.75, 3.05) is 0 Å². The highest BCUT2D eigenvalue weighted by molar-refractivity contribution is 5.96. The number of nitrogen functional groups attached to an aromatic ring is 1. The first kappa shape index (κ1) is 11.9. The molecule has 0 unspecified atom stereocenters. The molecule has 0 atom stereocenters. The second kappa shape index (κ2) is 5.66. The average Bonchev–Trinajstić information content (AvgIpc) is 2.58. The van der Waals surface area contributed by atoms with E-state index in [1.165, 1.54) is 25.7 Å². The van der Waals surface area contributed by atoms with Gasteiger partial charge in [0, 0.05) is 6.20 Å². The van der Waals surface area contributed by atoms with Crippen molar-refractivity contribution in [1.82, 2.24) is 4.98 Å². The summed E-state index contributed by atoms with van der Waals surface area (Å²) < 4.78 is 5.90. The third-order valence-electron chi connectivity index (χ3n) is 3.14. The lowest BCUT2D eigenvalue weighted by molar-refractivity contribution is 0.176. The smallest absolute Gasteiger partial charge is 0.224 e. The zero-order valence-electron chi connectivity index (χ0n) is 9.98. The van der Waals surface area contributed by atoms with Crippen LogP contribution in [-0.4, -0.2) is 16.9 Å². The Morgan fingerprint density at radius 1 is 1.29 bits per heavy atom. The van der Waals surface area contributed by atoms with Gasteiger partial charge in [0.15, 0.2) is 0 Å². The molecule has 0 saturated heterocycles. The van der Waals surface area contributed by atoms with Gasteiger partial charge in [-0.1, -0.05) is 12.8 Å². The Bertz CT molecular complexity index is 384. The van der Waals surface area contributed by atoms with E-state index in [-0.39, 0.29) is 11.9 Å². The third kappa shape index (κ3) is 3.19. The summed E-state index contributed by atoms with van der Waals surface area (Å²) in [5, 5.41) is 7.49. The minimum Gasteiger partial charge on any atom is -0.474 e. The Hall–Kier alpha value is -1.58. The number of pyridine rings is 1. The molecule has 1 aliphatic carbocycles. The van der Waals surface area contributed by atoms with Gasteiger partial charge < -0.3 is 10.5 Å². The molecule has 0 bridgehead atoms. The number of amidine groups is 1. The Balaban J connectivity index is 2.09. The van der Waals surface area contributed by atoms with Crippen LogP contribution in [-0.2, 0) is 0 Å². The van der Waals surface area contributed by atoms with Crippen molar-refractivity contribution in [2.45, 2.75) is 44.6 Å². The van der Waals surface area contributed by atoms with Crippen molar-refractivity contribution in [3.63, 3.8) is 0 Å². The van der Waals surface area contributed by atoms with Gasteiger partial charge in [-0.3, -0.25) is 5.41 Å². The average molecular weight is 233 g/mol. The van der Waals surface area contributed by atoms with Gasteiger partial charge in [-0.05, 0) is 37.8 Å². The molecule has 3 N–H and O–H groups in total. The standard InChI is InChI=1S/C13H19N3O/c14-12(15)11-8-5-9-16-13(11)17-10-6-3-1-2-4-7-10/h5,8-10H,1-4,6-7H2,(H3,14,15). The molecule has 1 heterocycles. The van der Waals surface area contributed by atoms with Crippen molar-refractivity contribution in [1.29, 1.82) is 5.41 Å². The Morgan fingerprint density at radius 3 is 2.65 bits per heavy atom. The summed E-state index contributed by atoms with van der Waals surface area (Å²) in [5.41, 5.74) is 6.11. The minimum atomic E-state index is 0.0155. The summed E-state index contributed by atoms with van der Waals surface area (Å²) >= 11 is 0. The number of nitrogens with zero attached hydrogens (tertiary/aromatic N) is 1. The molecule has 92 valence electrons. The highest BCUT2D eigenvalue weighted by Gasteiger charge is 2.16. The maximum absolute atomic E-state index is 7.49. The normalized spacial score (nSPS) is 17.4. The van der Waals surface area contributed by atoms with Gasteiger partial charge in [0.05, 0.1) is 5.56 Å². The van der Waals surface area contributed by atoms with Gasteiger partial charge in [-0.25, -0.2) is 4.98 Å². The lowest BCUT2D eigenvalue weighted by Gasteiger charge is -2.17. The van der Waals surface area contributed by atoms with E-state index in [2.05, 4.69) is 4.98 Å². The van der Waals surface area contributed by atoms with Crippen LogP contribution in [0, 0.1) is 5.41 Å². The maximum atomic E-state index is 7.49. The molecule has 1 saturated carbocycles. The molecule has 4 nitrogen and oxygen atoms in total. The predicted octanol–water partition coefficient (Wildman–Crippen LogP) is 2.47. The molecule has 17 heavy (non-hydrogen) atoms. The molecular formula is C13H19N3O. The van der Waals surface area contributed by atoms with Crippen molar-refractivity contribution in [2.24, 2.45) is 5.73 Å². The second-order valence-electron chi connectivity index (χ2n) is 4.50. The van der Waals surface area contributed by atoms with E-state index in [9.17, 15) is 0 Å². The zero-order chi connectivity index (χ0) is 12.1. The fourth-order valence-electron chi connectivity index (χ4n) is 2.21. The molecule has 1 aromatic heterocycles. The third-order valence-corrected chi connectivity index (χ3v) is 3.14. The molecule has 1 aromatic rings. The van der Waals surface area contributed by atoms with Gasteiger partial charge in [-0.15, -0.1) is 0 Å². The van der Waals surface area contributed by atoms with Crippen LogP contribution >= 0.6 is 0 Å². The van der Waals surface area contributed by atoms with Crippen molar-refractivity contribution >= 4 is 5.84 Å². The Morgan fingerprint density at radius 2 is 2.00 bits per heavy atom. The van der Waals surface area contributed by atoms with Crippen molar-refractivity contribution in [3.05, 3.63) is 23.9 Å². The summed E-state index contributed by atoms with van der Waals surface area (Å²) in [6.07, 6.45) is 9.08. The molecule has 0 aromatic carbocycles. The fraction of sp³-hybridized carbons (Fsp3) is 0.538. The van der Waals surface area contributed by atoms with Gasteiger partial charge in [-0.2, -0.15) is 0 Å². The number of ether oxygens (including phenoxy) is 1. The Kier molecular flexibility index (Phi) is 3.96. The van der Waals surface area contributed by atoms with E-state index >= 15 is 0 Å². The van der Waals surface area contributed by atoms with Crippen LogP contribution in [0.15, 0.2) is 18.3 Å². The number of hydrogen-bond donors (Lipinski definition) is 2. The summed E-state index contributed by atoms with van der Waals surface area (Å²) in [6, 6.07) is 3.55. The van der Waals surface area contributed by atoms with E-state index in [0.717, 1.165) is 12.8 Å². The monoisotopic (exact) mass is 233 g/mol. The van der Waals surface area contributed by atoms with E-state index in [1.54, 1.807) is 18.3 Å². The summed E-state index contributed by atoms with van der Waals surface area (Å²) in [4.78, 5) is 4.18. The summed E-state index contributed by atoms with van der Waals surface area (Å²) in [6.45, 7) is 0. The minimum absolute atomic E-state index is 0.0155. The van der Waals surface area contributed by atoms with Gasteiger partial charge in [0.2, 0.25) is 5.88 Å². The van der Waals surface area contributed by atoms with E-state index in [1.807, 2.05) is 0 Å². The predicted molar refractivity (Wildman–Crippen MR) is 67.4 cm³/mol. The SMILES string of the molecule is N=C(N)c1cccnc1OC1CCCCCC1. The van der Waals surface area contributed by atoms with Gasteiger partial charge in [0.1, 0.15) is 11.9 Å². The largest absolute Gasteiger partial charge is 0.474 e. The van der Waals surface area contributed by atoms with Crippen LogP contribution in [0.3, 0.4) is 0 Å². The van der Waals surface area contributed by atoms with Crippen LogP contribution in [0.1, 0.15) is 44.1 Å². The van der Waals surface area contributed by atoms with Crippen molar-refractivity contribution < 1.29 is 4.74 Å². The first-order valence-corrected chi connectivity index (χ1v) is 6.23. The molecule has 0 radical (unpaired) electrons. The van der Waals surface area contributed by atoms with Gasteiger partial charge in [0.25, 0.3) is 0 Å². The lowest BCUT2D eigenvalue weighted by atomic mass is 10.1. The number of nitrogens with two attached hydrogens (primary N) is 1. The molecule has 4 heteroatoms. The summed E-state index contributed by atoms with van der Waals surface area (Å²) in [7, 11) is 0. The van der Waals surface area contributed by atoms with Crippen molar-refractivity contribution in [3.8, 4) is 5.88 Å². The lowest BCUT2D eigenvalue weighted by Crippen LogP contribution is -2.20. The number of rotatable bonds is 3. The molecule has 2 rings (SSSR count). The molecule has 0 aliphatic heterocycles. The van der Waals surface area contributed by atoms with E-state index in [4.69, 9.17) is 15.9 Å².